The third-order valence-electron chi connectivity index (χ3n) is 2.52. The summed E-state index contributed by atoms with van der Waals surface area (Å²) < 4.78 is 0. The smallest absolute Gasteiger partial charge is 0.269 e. The summed E-state index contributed by atoms with van der Waals surface area (Å²) in [6.07, 6.45) is 0. The van der Waals surface area contributed by atoms with Gasteiger partial charge in [-0.3, -0.25) is 10.1 Å². The van der Waals surface area contributed by atoms with E-state index < -0.39 is 4.92 Å². The molecule has 0 saturated carbocycles. The number of aryl methyl sites for hydroxylation is 1. The maximum absolute atomic E-state index is 10.5. The summed E-state index contributed by atoms with van der Waals surface area (Å²) in [6, 6.07) is 10.7. The molecule has 6 heteroatoms. The van der Waals surface area contributed by atoms with E-state index in [9.17, 15) is 15.2 Å². The minimum atomic E-state index is -0.468. The highest BCUT2D eigenvalue weighted by molar-refractivity contribution is 5.47. The fourth-order valence-electron chi connectivity index (χ4n) is 1.46. The number of non-ortho nitro benzene ring substituents is 1. The van der Waals surface area contributed by atoms with Crippen LogP contribution in [0.15, 0.2) is 52.7 Å². The van der Waals surface area contributed by atoms with Crippen molar-refractivity contribution < 1.29 is 10.0 Å². The lowest BCUT2D eigenvalue weighted by Crippen LogP contribution is -1.85. The zero-order valence-electron chi connectivity index (χ0n) is 10.1. The maximum atomic E-state index is 10.5. The second-order valence-electron chi connectivity index (χ2n) is 3.94. The van der Waals surface area contributed by atoms with Crippen molar-refractivity contribution in [3.8, 4) is 5.75 Å². The minimum Gasteiger partial charge on any atom is -0.508 e. The molecule has 0 aliphatic heterocycles. The van der Waals surface area contributed by atoms with Gasteiger partial charge >= 0.3 is 0 Å². The molecule has 6 nitrogen and oxygen atoms in total. The van der Waals surface area contributed by atoms with Crippen LogP contribution in [0.5, 0.6) is 5.75 Å². The third kappa shape index (κ3) is 3.12. The van der Waals surface area contributed by atoms with Crippen molar-refractivity contribution in [3.63, 3.8) is 0 Å². The van der Waals surface area contributed by atoms with E-state index in [0.29, 0.717) is 16.9 Å². The summed E-state index contributed by atoms with van der Waals surface area (Å²) >= 11 is 0. The zero-order chi connectivity index (χ0) is 13.8. The van der Waals surface area contributed by atoms with Crippen molar-refractivity contribution in [2.45, 2.75) is 6.92 Å². The molecule has 0 spiro atoms. The monoisotopic (exact) mass is 257 g/mol. The maximum Gasteiger partial charge on any atom is 0.269 e. The van der Waals surface area contributed by atoms with E-state index in [-0.39, 0.29) is 11.4 Å². The summed E-state index contributed by atoms with van der Waals surface area (Å²) in [5.74, 6) is 0.203. The van der Waals surface area contributed by atoms with Gasteiger partial charge in [0.1, 0.15) is 5.75 Å². The molecule has 0 bridgehead atoms. The Labute approximate surface area is 109 Å². The number of phenolic OH excluding ortho intramolecular Hbond substituents is 1. The molecule has 2 aromatic carbocycles. The Bertz CT molecular complexity index is 636. The topological polar surface area (TPSA) is 88.1 Å². The van der Waals surface area contributed by atoms with E-state index in [1.165, 1.54) is 24.3 Å². The minimum absolute atomic E-state index is 0.0134. The molecule has 96 valence electrons. The molecule has 19 heavy (non-hydrogen) atoms. The predicted octanol–water partition coefficient (Wildman–Crippen LogP) is 4.02. The lowest BCUT2D eigenvalue weighted by molar-refractivity contribution is -0.384. The van der Waals surface area contributed by atoms with Crippen molar-refractivity contribution in [1.29, 1.82) is 0 Å². The van der Waals surface area contributed by atoms with Gasteiger partial charge in [-0.15, -0.1) is 0 Å². The summed E-state index contributed by atoms with van der Waals surface area (Å²) in [5, 5.41) is 27.8. The van der Waals surface area contributed by atoms with Gasteiger partial charge in [-0.05, 0) is 42.8 Å². The standard InChI is InChI=1S/C13H11N3O3/c1-9-8-11(4-7-13(9)17)15-14-10-2-5-12(6-3-10)16(18)19/h2-8,17H,1H3/b15-14+. The third-order valence-corrected chi connectivity index (χ3v) is 2.52. The summed E-state index contributed by atoms with van der Waals surface area (Å²) in [4.78, 5) is 10.0. The molecule has 0 aliphatic rings. The van der Waals surface area contributed by atoms with Crippen LogP contribution in [0, 0.1) is 17.0 Å². The number of hydrogen-bond donors (Lipinski definition) is 1. The van der Waals surface area contributed by atoms with Crippen molar-refractivity contribution >= 4 is 17.1 Å². The number of nitro groups is 1. The highest BCUT2D eigenvalue weighted by Gasteiger charge is 2.03. The van der Waals surface area contributed by atoms with E-state index in [0.717, 1.165) is 0 Å². The van der Waals surface area contributed by atoms with Crippen LogP contribution >= 0.6 is 0 Å². The molecule has 0 saturated heterocycles. The van der Waals surface area contributed by atoms with Gasteiger partial charge in [0.25, 0.3) is 5.69 Å². The molecule has 2 rings (SSSR count). The number of rotatable bonds is 3. The number of aromatic hydroxyl groups is 1. The van der Waals surface area contributed by atoms with Gasteiger partial charge in [-0.25, -0.2) is 0 Å². The fourth-order valence-corrected chi connectivity index (χ4v) is 1.46. The summed E-state index contributed by atoms with van der Waals surface area (Å²) in [7, 11) is 0. The molecule has 2 aromatic rings. The van der Waals surface area contributed by atoms with E-state index in [1.54, 1.807) is 25.1 Å². The largest absolute Gasteiger partial charge is 0.508 e. The van der Waals surface area contributed by atoms with Crippen LogP contribution < -0.4 is 0 Å². The van der Waals surface area contributed by atoms with Gasteiger partial charge < -0.3 is 5.11 Å². The van der Waals surface area contributed by atoms with Crippen LogP contribution in [0.2, 0.25) is 0 Å². The molecule has 0 atom stereocenters. The Balaban J connectivity index is 2.17. The number of benzene rings is 2. The molecule has 0 amide bonds. The SMILES string of the molecule is Cc1cc(/N=N/c2ccc([N+](=O)[O-])cc2)ccc1O. The normalized spacial score (nSPS) is 10.8. The van der Waals surface area contributed by atoms with Crippen LogP contribution in [0.3, 0.4) is 0 Å². The Hall–Kier alpha value is -2.76. The first kappa shape index (κ1) is 12.7. The molecule has 1 N–H and O–H groups in total. The highest BCUT2D eigenvalue weighted by Crippen LogP contribution is 2.25. The average molecular weight is 257 g/mol. The van der Waals surface area contributed by atoms with E-state index >= 15 is 0 Å². The van der Waals surface area contributed by atoms with Crippen LogP contribution in [0.1, 0.15) is 5.56 Å². The first-order chi connectivity index (χ1) is 9.06. The van der Waals surface area contributed by atoms with E-state index in [2.05, 4.69) is 10.2 Å². The second-order valence-corrected chi connectivity index (χ2v) is 3.94. The molecule has 0 unspecified atom stereocenters. The Morgan fingerprint density at radius 1 is 1.05 bits per heavy atom. The lowest BCUT2D eigenvalue weighted by atomic mass is 10.2. The average Bonchev–Trinajstić information content (AvgIpc) is 2.40. The lowest BCUT2D eigenvalue weighted by Gasteiger charge is -1.98. The van der Waals surface area contributed by atoms with E-state index in [4.69, 9.17) is 0 Å². The Morgan fingerprint density at radius 2 is 1.63 bits per heavy atom. The Morgan fingerprint density at radius 3 is 2.21 bits per heavy atom. The molecule has 0 heterocycles. The zero-order valence-corrected chi connectivity index (χ0v) is 10.1. The van der Waals surface area contributed by atoms with Crippen molar-refractivity contribution in [2.24, 2.45) is 10.2 Å². The van der Waals surface area contributed by atoms with Gasteiger partial charge in [0.15, 0.2) is 0 Å². The van der Waals surface area contributed by atoms with Crippen molar-refractivity contribution in [2.75, 3.05) is 0 Å². The molecule has 0 aromatic heterocycles. The van der Waals surface area contributed by atoms with Crippen molar-refractivity contribution in [3.05, 3.63) is 58.1 Å². The Kier molecular flexibility index (Phi) is 3.51. The van der Waals surface area contributed by atoms with Crippen LogP contribution in [0.4, 0.5) is 17.1 Å². The van der Waals surface area contributed by atoms with Gasteiger partial charge in [-0.2, -0.15) is 10.2 Å². The first-order valence-corrected chi connectivity index (χ1v) is 5.52. The van der Waals surface area contributed by atoms with Crippen LogP contribution in [-0.4, -0.2) is 10.0 Å². The molecule has 0 radical (unpaired) electrons. The molecular weight excluding hydrogens is 246 g/mol. The molecular formula is C13H11N3O3. The van der Waals surface area contributed by atoms with Crippen LogP contribution in [0.25, 0.3) is 0 Å². The first-order valence-electron chi connectivity index (χ1n) is 5.52. The summed E-state index contributed by atoms with van der Waals surface area (Å²) in [6.45, 7) is 1.76. The van der Waals surface area contributed by atoms with Gasteiger partial charge in [0.2, 0.25) is 0 Å². The molecule has 0 aliphatic carbocycles. The fraction of sp³-hybridized carbons (Fsp3) is 0.0769. The number of nitro benzene ring substituents is 1. The van der Waals surface area contributed by atoms with Crippen LogP contribution in [-0.2, 0) is 0 Å². The quantitative estimate of drug-likeness (QED) is 0.511. The summed E-state index contributed by atoms with van der Waals surface area (Å²) in [5.41, 5.74) is 1.85. The van der Waals surface area contributed by atoms with Gasteiger partial charge in [0, 0.05) is 12.1 Å². The highest BCUT2D eigenvalue weighted by atomic mass is 16.6. The van der Waals surface area contributed by atoms with E-state index in [1.807, 2.05) is 0 Å². The number of hydrogen-bond acceptors (Lipinski definition) is 5. The molecule has 0 fully saturated rings. The number of azo groups is 1. The van der Waals surface area contributed by atoms with Crippen molar-refractivity contribution in [1.82, 2.24) is 0 Å². The predicted molar refractivity (Wildman–Crippen MR) is 70.1 cm³/mol. The number of phenols is 1. The van der Waals surface area contributed by atoms with Gasteiger partial charge in [-0.1, -0.05) is 0 Å². The second kappa shape index (κ2) is 5.26. The van der Waals surface area contributed by atoms with Gasteiger partial charge in [0.05, 0.1) is 16.3 Å². The number of nitrogens with zero attached hydrogens (tertiary/aromatic N) is 3.